The Morgan fingerprint density at radius 2 is 0.721 bits per heavy atom. The number of carbonyl (C=O) groups excluding carboxylic acids is 6. The molecule has 0 amide bonds. The normalized spacial score (nSPS) is 14.9. The molecular formula is C24H12EuF9O6S3. The Bertz CT molecular complexity index is 1330. The van der Waals surface area contributed by atoms with Crippen LogP contribution in [0.1, 0.15) is 29.0 Å². The summed E-state index contributed by atoms with van der Waals surface area (Å²) in [5.74, 6) is -15.5. The maximum atomic E-state index is 14.0. The zero-order valence-electron chi connectivity index (χ0n) is 20.4. The Morgan fingerprint density at radius 1 is 0.488 bits per heavy atom. The van der Waals surface area contributed by atoms with Crippen molar-refractivity contribution in [3.8, 4) is 0 Å². The first kappa shape index (κ1) is 35.6. The van der Waals surface area contributed by atoms with Crippen molar-refractivity contribution in [2.24, 2.45) is 0 Å². The van der Waals surface area contributed by atoms with Crippen molar-refractivity contribution in [2.75, 3.05) is 0 Å². The molecule has 0 bridgehead atoms. The summed E-state index contributed by atoms with van der Waals surface area (Å²) < 4.78 is 115. The van der Waals surface area contributed by atoms with Gasteiger partial charge in [-0.05, 0) is 0 Å². The molecule has 3 heterocycles. The van der Waals surface area contributed by atoms with Gasteiger partial charge in [0.25, 0.3) is 0 Å². The van der Waals surface area contributed by atoms with Crippen LogP contribution in [0, 0.1) is 42.3 Å². The van der Waals surface area contributed by atoms with Crippen LogP contribution < -0.4 is 0 Å². The van der Waals surface area contributed by atoms with Gasteiger partial charge in [0.1, 0.15) is 0 Å². The molecule has 43 heavy (non-hydrogen) atoms. The summed E-state index contributed by atoms with van der Waals surface area (Å²) in [7, 11) is 0. The number of halogens is 9. The van der Waals surface area contributed by atoms with E-state index in [9.17, 15) is 68.3 Å². The number of rotatable bonds is 12. The van der Waals surface area contributed by atoms with Crippen molar-refractivity contribution in [3.05, 3.63) is 67.2 Å². The second-order valence-corrected chi connectivity index (χ2v) is 17.5. The molecule has 0 N–H and O–H groups in total. The van der Waals surface area contributed by atoms with Gasteiger partial charge in [-0.2, -0.15) is 0 Å². The molecule has 0 aromatic carbocycles. The molecule has 3 aromatic heterocycles. The third kappa shape index (κ3) is 8.03. The van der Waals surface area contributed by atoms with Crippen molar-refractivity contribution < 1.29 is 111 Å². The average molecular weight is 816 g/mol. The zero-order chi connectivity index (χ0) is 32.5. The number of Topliss-reactive ketones (excluding diaryl/α,β-unsaturated/α-hetero) is 6. The van der Waals surface area contributed by atoms with Crippen molar-refractivity contribution in [1.82, 2.24) is 0 Å². The second-order valence-electron chi connectivity index (χ2n) is 8.08. The van der Waals surface area contributed by atoms with Crippen LogP contribution in [0.4, 0.5) is 39.5 Å². The standard InChI is InChI=1S/3C8H4F3O2S.Eu/c3*9-8(10,11)7(13)4-5(12)6-2-1-3-14-6;/h3*1-4H;. The molecule has 0 aliphatic carbocycles. The van der Waals surface area contributed by atoms with Gasteiger partial charge in [-0.25, -0.2) is 0 Å². The van der Waals surface area contributed by atoms with Crippen LogP contribution in [0.5, 0.6) is 0 Å². The molecule has 0 aliphatic rings. The van der Waals surface area contributed by atoms with E-state index in [0.717, 1.165) is 52.5 Å². The molecule has 0 spiro atoms. The molecule has 3 unspecified atom stereocenters. The fourth-order valence-corrected chi connectivity index (χ4v) is 15.4. The van der Waals surface area contributed by atoms with Gasteiger partial charge >= 0.3 is 266 Å². The van der Waals surface area contributed by atoms with Crippen molar-refractivity contribution in [3.63, 3.8) is 0 Å². The average Bonchev–Trinajstić information content (AvgIpc) is 3.70. The SMILES string of the molecule is O=C(c1cccs1)[CH](C(=O)C(F)(F)F)[Eu]([CH](C(=O)c1cccs1)C(=O)C(F)(F)F)[CH](C(=O)c1cccs1)C(=O)C(F)(F)F. The Morgan fingerprint density at radius 3 is 0.884 bits per heavy atom. The Kier molecular flexibility index (Phi) is 11.2. The van der Waals surface area contributed by atoms with Crippen LogP contribution in [-0.4, -0.2) is 53.2 Å². The van der Waals surface area contributed by atoms with E-state index in [0.29, 0.717) is 34.0 Å². The van der Waals surface area contributed by atoms with Crippen molar-refractivity contribution >= 4 is 68.7 Å². The Labute approximate surface area is 263 Å². The Hall–Kier alpha value is -1.93. The first-order valence-electron chi connectivity index (χ1n) is 11.0. The van der Waals surface area contributed by atoms with E-state index in [4.69, 9.17) is 0 Å². The molecule has 0 aliphatic heterocycles. The molecule has 6 nitrogen and oxygen atoms in total. The van der Waals surface area contributed by atoms with Crippen LogP contribution in [0.25, 0.3) is 0 Å². The number of ketones is 6. The summed E-state index contributed by atoms with van der Waals surface area (Å²) in [5, 5.41) is 3.23. The predicted octanol–water partition coefficient (Wildman–Crippen LogP) is 7.20. The maximum absolute atomic E-state index is 14.0. The van der Waals surface area contributed by atoms with Crippen LogP contribution in [-0.2, 0) is 14.4 Å². The summed E-state index contributed by atoms with van der Waals surface area (Å²) in [4.78, 5) is 76.5. The summed E-state index contributed by atoms with van der Waals surface area (Å²) in [5.41, 5.74) is 0. The molecule has 19 heteroatoms. The third-order valence-electron chi connectivity index (χ3n) is 5.27. The number of carbonyl (C=O) groups is 6. The van der Waals surface area contributed by atoms with Gasteiger partial charge in [0.15, 0.2) is 0 Å². The van der Waals surface area contributed by atoms with Crippen molar-refractivity contribution in [1.29, 1.82) is 0 Å². The van der Waals surface area contributed by atoms with Gasteiger partial charge in [-0.3, -0.25) is 0 Å². The summed E-state index contributed by atoms with van der Waals surface area (Å²) in [6.07, 6.45) is -18.3. The predicted molar refractivity (Wildman–Crippen MR) is 130 cm³/mol. The minimum atomic E-state index is -6.63. The van der Waals surface area contributed by atoms with E-state index in [1.807, 2.05) is 0 Å². The van der Waals surface area contributed by atoms with Crippen LogP contribution >= 0.6 is 34.0 Å². The number of hydrogen-bond acceptors (Lipinski definition) is 9. The van der Waals surface area contributed by atoms with E-state index in [1.54, 1.807) is 0 Å². The van der Waals surface area contributed by atoms with Gasteiger partial charge in [-0.15, -0.1) is 0 Å². The van der Waals surface area contributed by atoms with E-state index in [1.165, 1.54) is 0 Å². The van der Waals surface area contributed by atoms with Crippen LogP contribution in [0.15, 0.2) is 52.5 Å². The monoisotopic (exact) mass is 816 g/mol. The molecule has 0 saturated heterocycles. The number of hydrogen-bond donors (Lipinski definition) is 0. The molecule has 3 rings (SSSR count). The summed E-state index contributed by atoms with van der Waals surface area (Å²) in [6, 6.07) is 5.56. The fraction of sp³-hybridized carbons (Fsp3) is 0.250. The molecule has 0 saturated carbocycles. The first-order chi connectivity index (χ1) is 19.8. The van der Waals surface area contributed by atoms with Gasteiger partial charge in [0, 0.05) is 0 Å². The van der Waals surface area contributed by atoms with Gasteiger partial charge in [0.05, 0.1) is 0 Å². The van der Waals surface area contributed by atoms with Gasteiger partial charge < -0.3 is 0 Å². The number of alkyl halides is 9. The van der Waals surface area contributed by atoms with E-state index in [-0.39, 0.29) is 0 Å². The molecule has 0 radical (unpaired) electrons. The van der Waals surface area contributed by atoms with Crippen molar-refractivity contribution in [2.45, 2.75) is 19.5 Å². The van der Waals surface area contributed by atoms with E-state index < -0.39 is 111 Å². The summed E-state index contributed by atoms with van der Waals surface area (Å²) >= 11 is -5.58. The van der Waals surface area contributed by atoms with E-state index >= 15 is 0 Å². The minimum absolute atomic E-state index is 0.349. The van der Waals surface area contributed by atoms with Gasteiger partial charge in [0.2, 0.25) is 0 Å². The number of thiophene rings is 3. The molecule has 0 fully saturated rings. The second kappa shape index (κ2) is 13.6. The summed E-state index contributed by atoms with van der Waals surface area (Å²) in [6.45, 7) is 0. The first-order valence-corrected chi connectivity index (χ1v) is 17.8. The quantitative estimate of drug-likeness (QED) is 0.109. The molecule has 3 aromatic rings. The molecular weight excluding hydrogens is 803 g/mol. The Balaban J connectivity index is 2.52. The van der Waals surface area contributed by atoms with E-state index in [2.05, 4.69) is 0 Å². The van der Waals surface area contributed by atoms with Gasteiger partial charge in [-0.1, -0.05) is 0 Å². The third-order valence-corrected chi connectivity index (χ3v) is 16.6. The van der Waals surface area contributed by atoms with Crippen LogP contribution in [0.2, 0.25) is 0.936 Å². The topological polar surface area (TPSA) is 102 Å². The molecule has 232 valence electrons. The fourth-order valence-electron chi connectivity index (χ4n) is 3.48. The van der Waals surface area contributed by atoms with Crippen LogP contribution in [0.3, 0.4) is 0 Å². The molecule has 3 atom stereocenters. The zero-order valence-corrected chi connectivity index (χ0v) is 25.3.